The van der Waals surface area contributed by atoms with E-state index in [1.807, 2.05) is 24.3 Å². The Labute approximate surface area is 112 Å². The molecule has 102 valence electrons. The second-order valence-corrected chi connectivity index (χ2v) is 4.51. The molecule has 1 aliphatic rings. The van der Waals surface area contributed by atoms with E-state index in [1.165, 1.54) is 0 Å². The number of nitrogens with zero attached hydrogens (tertiary/aromatic N) is 1. The van der Waals surface area contributed by atoms with Gasteiger partial charge in [0.1, 0.15) is 5.75 Å². The third kappa shape index (κ3) is 3.71. The van der Waals surface area contributed by atoms with Crippen LogP contribution < -0.4 is 10.1 Å². The van der Waals surface area contributed by atoms with Gasteiger partial charge in [0.2, 0.25) is 11.8 Å². The van der Waals surface area contributed by atoms with Gasteiger partial charge in [-0.1, -0.05) is 12.1 Å². The van der Waals surface area contributed by atoms with Crippen molar-refractivity contribution in [2.24, 2.45) is 0 Å². The van der Waals surface area contributed by atoms with Crippen molar-refractivity contribution < 1.29 is 14.3 Å². The van der Waals surface area contributed by atoms with Crippen LogP contribution in [0.2, 0.25) is 0 Å². The Kier molecular flexibility index (Phi) is 4.39. The molecule has 1 heterocycles. The van der Waals surface area contributed by atoms with E-state index in [1.54, 1.807) is 12.0 Å². The fourth-order valence-electron chi connectivity index (χ4n) is 2.03. The lowest BCUT2D eigenvalue weighted by molar-refractivity contribution is -0.130. The summed E-state index contributed by atoms with van der Waals surface area (Å²) in [6.45, 7) is 1.25. The van der Waals surface area contributed by atoms with Crippen molar-refractivity contribution in [3.8, 4) is 5.75 Å². The van der Waals surface area contributed by atoms with Crippen LogP contribution in [0.3, 0.4) is 0 Å². The highest BCUT2D eigenvalue weighted by Crippen LogP contribution is 2.12. The van der Waals surface area contributed by atoms with Crippen LogP contribution >= 0.6 is 0 Å². The van der Waals surface area contributed by atoms with Gasteiger partial charge in [-0.05, 0) is 24.1 Å². The maximum Gasteiger partial charge on any atom is 0.241 e. The molecule has 0 radical (unpaired) electrons. The van der Waals surface area contributed by atoms with E-state index >= 15 is 0 Å². The smallest absolute Gasteiger partial charge is 0.241 e. The molecule has 0 aromatic heterocycles. The van der Waals surface area contributed by atoms with Crippen molar-refractivity contribution in [3.05, 3.63) is 29.8 Å². The molecule has 1 saturated heterocycles. The van der Waals surface area contributed by atoms with Crippen molar-refractivity contribution in [3.63, 3.8) is 0 Å². The standard InChI is InChI=1S/C14H18N2O3/c1-19-12-4-2-11(3-5-12)6-8-16-9-7-13(17)15-10-14(16)18/h2-5H,6-10H2,1H3,(H,15,17). The predicted molar refractivity (Wildman–Crippen MR) is 70.9 cm³/mol. The van der Waals surface area contributed by atoms with E-state index in [4.69, 9.17) is 4.74 Å². The van der Waals surface area contributed by atoms with Gasteiger partial charge >= 0.3 is 0 Å². The van der Waals surface area contributed by atoms with Crippen LogP contribution in [0.15, 0.2) is 24.3 Å². The molecule has 1 N–H and O–H groups in total. The van der Waals surface area contributed by atoms with Crippen molar-refractivity contribution in [2.75, 3.05) is 26.7 Å². The molecule has 0 saturated carbocycles. The zero-order valence-electron chi connectivity index (χ0n) is 11.0. The number of nitrogens with one attached hydrogen (secondary N) is 1. The van der Waals surface area contributed by atoms with Crippen molar-refractivity contribution in [1.82, 2.24) is 10.2 Å². The number of methoxy groups -OCH3 is 1. The van der Waals surface area contributed by atoms with Gasteiger partial charge in [-0.2, -0.15) is 0 Å². The van der Waals surface area contributed by atoms with Crippen molar-refractivity contribution in [1.29, 1.82) is 0 Å². The quantitative estimate of drug-likeness (QED) is 0.864. The topological polar surface area (TPSA) is 58.6 Å². The Bertz CT molecular complexity index is 456. The largest absolute Gasteiger partial charge is 0.497 e. The Morgan fingerprint density at radius 3 is 2.68 bits per heavy atom. The summed E-state index contributed by atoms with van der Waals surface area (Å²) in [6.07, 6.45) is 1.16. The summed E-state index contributed by atoms with van der Waals surface area (Å²) in [5.74, 6) is 0.754. The van der Waals surface area contributed by atoms with Crippen LogP contribution in [-0.2, 0) is 16.0 Å². The van der Waals surface area contributed by atoms with Gasteiger partial charge in [0.05, 0.1) is 13.7 Å². The summed E-state index contributed by atoms with van der Waals surface area (Å²) in [4.78, 5) is 24.7. The molecule has 1 aromatic rings. The van der Waals surface area contributed by atoms with E-state index in [2.05, 4.69) is 5.32 Å². The summed E-state index contributed by atoms with van der Waals surface area (Å²) in [6, 6.07) is 7.80. The second-order valence-electron chi connectivity index (χ2n) is 4.51. The van der Waals surface area contributed by atoms with Crippen LogP contribution in [0.5, 0.6) is 5.75 Å². The number of hydrogen-bond acceptors (Lipinski definition) is 3. The zero-order valence-corrected chi connectivity index (χ0v) is 11.0. The fraction of sp³-hybridized carbons (Fsp3) is 0.429. The highest BCUT2D eigenvalue weighted by atomic mass is 16.5. The van der Waals surface area contributed by atoms with Crippen LogP contribution in [0, 0.1) is 0 Å². The summed E-state index contributed by atoms with van der Waals surface area (Å²) in [5, 5.41) is 2.59. The Morgan fingerprint density at radius 2 is 2.00 bits per heavy atom. The first-order chi connectivity index (χ1) is 9.19. The first-order valence-corrected chi connectivity index (χ1v) is 6.36. The fourth-order valence-corrected chi connectivity index (χ4v) is 2.03. The Balaban J connectivity index is 1.89. The lowest BCUT2D eigenvalue weighted by Gasteiger charge is -2.19. The highest BCUT2D eigenvalue weighted by Gasteiger charge is 2.19. The third-order valence-corrected chi connectivity index (χ3v) is 3.23. The molecule has 0 unspecified atom stereocenters. The highest BCUT2D eigenvalue weighted by molar-refractivity contribution is 5.87. The van der Waals surface area contributed by atoms with Crippen LogP contribution in [0.25, 0.3) is 0 Å². The summed E-state index contributed by atoms with van der Waals surface area (Å²) in [7, 11) is 1.63. The summed E-state index contributed by atoms with van der Waals surface area (Å²) >= 11 is 0. The average molecular weight is 262 g/mol. The first kappa shape index (κ1) is 13.4. The van der Waals surface area contributed by atoms with Gasteiger partial charge in [-0.3, -0.25) is 9.59 Å². The molecule has 0 atom stereocenters. The molecule has 19 heavy (non-hydrogen) atoms. The normalized spacial score (nSPS) is 15.9. The molecule has 0 bridgehead atoms. The molecule has 5 heteroatoms. The van der Waals surface area contributed by atoms with Crippen LogP contribution in [0.4, 0.5) is 0 Å². The second kappa shape index (κ2) is 6.22. The minimum absolute atomic E-state index is 0.0145. The number of amides is 2. The molecule has 1 aromatic carbocycles. The molecule has 1 aliphatic heterocycles. The Hall–Kier alpha value is -2.04. The van der Waals surface area contributed by atoms with Crippen molar-refractivity contribution >= 4 is 11.8 Å². The molecule has 1 fully saturated rings. The molecular weight excluding hydrogens is 244 g/mol. The van der Waals surface area contributed by atoms with Gasteiger partial charge in [0.25, 0.3) is 0 Å². The molecular formula is C14H18N2O3. The van der Waals surface area contributed by atoms with E-state index in [9.17, 15) is 9.59 Å². The van der Waals surface area contributed by atoms with Gasteiger partial charge < -0.3 is 15.0 Å². The molecule has 0 aliphatic carbocycles. The van der Waals surface area contributed by atoms with E-state index < -0.39 is 0 Å². The zero-order chi connectivity index (χ0) is 13.7. The van der Waals surface area contributed by atoms with Gasteiger partial charge in [0, 0.05) is 19.5 Å². The summed E-state index contributed by atoms with van der Waals surface area (Å²) in [5.41, 5.74) is 1.15. The monoisotopic (exact) mass is 262 g/mol. The number of ether oxygens (including phenoxy) is 1. The minimum Gasteiger partial charge on any atom is -0.497 e. The van der Waals surface area contributed by atoms with E-state index in [0.29, 0.717) is 19.5 Å². The number of rotatable bonds is 4. The number of carbonyl (C=O) groups excluding carboxylic acids is 2. The van der Waals surface area contributed by atoms with Gasteiger partial charge in [0.15, 0.2) is 0 Å². The van der Waals surface area contributed by atoms with Crippen molar-refractivity contribution in [2.45, 2.75) is 12.8 Å². The van der Waals surface area contributed by atoms with Gasteiger partial charge in [-0.15, -0.1) is 0 Å². The molecule has 0 spiro atoms. The minimum atomic E-state index is -0.0553. The SMILES string of the molecule is COc1ccc(CCN2CCC(=O)NCC2=O)cc1. The average Bonchev–Trinajstić information content (AvgIpc) is 2.60. The van der Waals surface area contributed by atoms with Gasteiger partial charge in [-0.25, -0.2) is 0 Å². The number of benzene rings is 1. The maximum absolute atomic E-state index is 11.8. The predicted octanol–water partition coefficient (Wildman–Crippen LogP) is 0.586. The molecule has 5 nitrogen and oxygen atoms in total. The third-order valence-electron chi connectivity index (χ3n) is 3.23. The first-order valence-electron chi connectivity index (χ1n) is 6.36. The number of carbonyl (C=O) groups is 2. The lowest BCUT2D eigenvalue weighted by atomic mass is 10.1. The van der Waals surface area contributed by atoms with E-state index in [0.717, 1.165) is 17.7 Å². The molecule has 2 rings (SSSR count). The summed E-state index contributed by atoms with van der Waals surface area (Å²) < 4.78 is 5.10. The number of hydrogen-bond donors (Lipinski definition) is 1. The van der Waals surface area contributed by atoms with E-state index in [-0.39, 0.29) is 18.4 Å². The maximum atomic E-state index is 11.8. The van der Waals surface area contributed by atoms with Crippen LogP contribution in [-0.4, -0.2) is 43.5 Å². The van der Waals surface area contributed by atoms with Crippen LogP contribution in [0.1, 0.15) is 12.0 Å². The molecule has 2 amide bonds. The Morgan fingerprint density at radius 1 is 1.26 bits per heavy atom. The lowest BCUT2D eigenvalue weighted by Crippen LogP contribution is -2.36.